The summed E-state index contributed by atoms with van der Waals surface area (Å²) < 4.78 is 17.9. The molecule has 9 heteroatoms. The largest absolute Gasteiger partial charge is 1.00 e. The predicted molar refractivity (Wildman–Crippen MR) is 172 cm³/mol. The number of phenolic OH excluding ortho intramolecular Hbond substituents is 1. The molecule has 0 radical (unpaired) electrons. The Hall–Kier alpha value is -3.30. The van der Waals surface area contributed by atoms with Gasteiger partial charge in [-0.3, -0.25) is 9.59 Å². The minimum absolute atomic E-state index is 0. The molecule has 44 heavy (non-hydrogen) atoms. The quantitative estimate of drug-likeness (QED) is 0.116. The zero-order valence-corrected chi connectivity index (χ0v) is 28.7. The van der Waals surface area contributed by atoms with Crippen molar-refractivity contribution in [2.45, 2.75) is 64.9 Å². The zero-order chi connectivity index (χ0) is 31.5. The Kier molecular flexibility index (Phi) is 14.5. The second-order valence-electron chi connectivity index (χ2n) is 12.3. The summed E-state index contributed by atoms with van der Waals surface area (Å²) in [5, 5.41) is 13.9. The van der Waals surface area contributed by atoms with Gasteiger partial charge in [0.05, 0.1) is 39.9 Å². The van der Waals surface area contributed by atoms with Gasteiger partial charge in [-0.2, -0.15) is 0 Å². The average Bonchev–Trinajstić information content (AvgIpc) is 2.95. The predicted octanol–water partition coefficient (Wildman–Crippen LogP) is 3.42. The Morgan fingerprint density at radius 1 is 1.07 bits per heavy atom. The van der Waals surface area contributed by atoms with Gasteiger partial charge in [0, 0.05) is 12.6 Å². The molecule has 0 aromatic heterocycles. The van der Waals surface area contributed by atoms with Crippen LogP contribution in [0.4, 0.5) is 0 Å². The average molecular weight is 674 g/mol. The topological polar surface area (TPSA) is 94.1 Å². The molecule has 3 rings (SSSR count). The number of phenols is 1. The highest BCUT2D eigenvalue weighted by Gasteiger charge is 2.28. The lowest BCUT2D eigenvalue weighted by atomic mass is 9.97. The van der Waals surface area contributed by atoms with Crippen molar-refractivity contribution in [2.75, 3.05) is 47.4 Å². The number of halogens is 1. The van der Waals surface area contributed by atoms with Crippen LogP contribution in [-0.2, 0) is 4.79 Å². The van der Waals surface area contributed by atoms with Crippen LogP contribution in [0.5, 0.6) is 23.0 Å². The van der Waals surface area contributed by atoms with E-state index in [2.05, 4.69) is 26.3 Å². The van der Waals surface area contributed by atoms with E-state index in [9.17, 15) is 14.7 Å². The third kappa shape index (κ3) is 11.3. The van der Waals surface area contributed by atoms with E-state index in [0.29, 0.717) is 28.9 Å². The Morgan fingerprint density at radius 3 is 2.48 bits per heavy atom. The number of likely N-dealkylation sites (N-methyl/N-ethyl adjacent to an activating group) is 1. The van der Waals surface area contributed by atoms with Crippen LogP contribution in [0.3, 0.4) is 0 Å². The van der Waals surface area contributed by atoms with Gasteiger partial charge >= 0.3 is 0 Å². The van der Waals surface area contributed by atoms with E-state index in [1.54, 1.807) is 18.2 Å². The highest BCUT2D eigenvalue weighted by Crippen LogP contribution is 2.43. The van der Waals surface area contributed by atoms with Crippen molar-refractivity contribution < 1.29 is 50.4 Å². The van der Waals surface area contributed by atoms with Crippen molar-refractivity contribution in [1.29, 1.82) is 0 Å². The smallest absolute Gasteiger partial charge is 0.275 e. The Labute approximate surface area is 273 Å². The number of allylic oxidation sites excluding steroid dienone is 1. The fourth-order valence-corrected chi connectivity index (χ4v) is 4.95. The summed E-state index contributed by atoms with van der Waals surface area (Å²) in [5.74, 6) is 1.09. The molecular weight excluding hydrogens is 624 g/mol. The summed E-state index contributed by atoms with van der Waals surface area (Å²) in [5.41, 5.74) is 0.868. The molecule has 0 bridgehead atoms. The number of ketones is 1. The first-order valence-corrected chi connectivity index (χ1v) is 15.3. The maximum atomic E-state index is 13.1. The number of benzene rings is 2. The second-order valence-corrected chi connectivity index (χ2v) is 12.3. The SMILES string of the molecule is CCCCCNC(=O)C[N+](C)(C)CCCCCOc1ccc(/C=C/C(=O)c2c(OC)cc3c(c2O)C=CC(C)(C)O3)cc1.[Br-]. The van der Waals surface area contributed by atoms with Crippen LogP contribution in [0, 0.1) is 0 Å². The van der Waals surface area contributed by atoms with E-state index in [-0.39, 0.29) is 45.7 Å². The van der Waals surface area contributed by atoms with Crippen LogP contribution in [0.15, 0.2) is 42.5 Å². The van der Waals surface area contributed by atoms with Gasteiger partial charge in [-0.1, -0.05) is 38.0 Å². The number of amides is 1. The van der Waals surface area contributed by atoms with Gasteiger partial charge in [-0.15, -0.1) is 0 Å². The number of carbonyl (C=O) groups excluding carboxylic acids is 2. The minimum Gasteiger partial charge on any atom is -1.00 e. The number of ether oxygens (including phenoxy) is 3. The van der Waals surface area contributed by atoms with Crippen molar-refractivity contribution in [3.8, 4) is 23.0 Å². The maximum Gasteiger partial charge on any atom is 0.275 e. The lowest BCUT2D eigenvalue weighted by molar-refractivity contribution is -0.882. The van der Waals surface area contributed by atoms with Crippen LogP contribution >= 0.6 is 0 Å². The molecule has 1 aliphatic rings. The van der Waals surface area contributed by atoms with Crippen molar-refractivity contribution in [2.24, 2.45) is 0 Å². The van der Waals surface area contributed by atoms with E-state index in [1.807, 2.05) is 44.2 Å². The molecule has 2 aromatic rings. The summed E-state index contributed by atoms with van der Waals surface area (Å²) in [4.78, 5) is 25.3. The third-order valence-electron chi connectivity index (χ3n) is 7.41. The summed E-state index contributed by atoms with van der Waals surface area (Å²) in [6, 6.07) is 9.17. The second kappa shape index (κ2) is 17.3. The number of hydrogen-bond acceptors (Lipinski definition) is 6. The number of fused-ring (bicyclic) bond motifs is 1. The number of nitrogens with one attached hydrogen (secondary N) is 1. The van der Waals surface area contributed by atoms with Crippen molar-refractivity contribution in [1.82, 2.24) is 5.32 Å². The van der Waals surface area contributed by atoms with Crippen LogP contribution in [0.2, 0.25) is 0 Å². The Morgan fingerprint density at radius 2 is 1.80 bits per heavy atom. The molecule has 0 unspecified atom stereocenters. The number of methoxy groups -OCH3 is 1. The molecule has 1 heterocycles. The van der Waals surface area contributed by atoms with E-state index in [4.69, 9.17) is 14.2 Å². The van der Waals surface area contributed by atoms with E-state index >= 15 is 0 Å². The van der Waals surface area contributed by atoms with Crippen LogP contribution < -0.4 is 36.5 Å². The molecule has 2 aromatic carbocycles. The van der Waals surface area contributed by atoms with Crippen molar-refractivity contribution >= 4 is 23.8 Å². The van der Waals surface area contributed by atoms with E-state index < -0.39 is 5.60 Å². The maximum absolute atomic E-state index is 13.1. The van der Waals surface area contributed by atoms with Gasteiger partial charge in [0.25, 0.3) is 5.91 Å². The summed E-state index contributed by atoms with van der Waals surface area (Å²) >= 11 is 0. The first-order valence-electron chi connectivity index (χ1n) is 15.3. The van der Waals surface area contributed by atoms with Crippen molar-refractivity contribution in [3.05, 3.63) is 59.2 Å². The molecule has 0 spiro atoms. The molecular formula is C35H49BrN2O6. The first-order chi connectivity index (χ1) is 20.4. The number of rotatable bonds is 17. The molecule has 0 saturated carbocycles. The summed E-state index contributed by atoms with van der Waals surface area (Å²) in [6.07, 6.45) is 13.1. The molecule has 0 saturated heterocycles. The molecule has 242 valence electrons. The molecule has 1 amide bonds. The standard InChI is InChI=1S/C35H48N2O6.BrH/c1-7-8-10-21-36-32(39)25-37(4,5)22-11-9-12-23-42-27-16-13-26(14-17-27)15-18-29(38)33-31(41-6)24-30-28(34(33)40)19-20-35(2,3)43-30;/h13-20,24H,7-12,21-23,25H2,1-6H3,(H-,36,38,39,40);1H/b18-15+;. The molecule has 0 atom stereocenters. The van der Waals surface area contributed by atoms with Crippen molar-refractivity contribution in [3.63, 3.8) is 0 Å². The summed E-state index contributed by atoms with van der Waals surface area (Å²) in [6.45, 7) is 8.81. The lowest BCUT2D eigenvalue weighted by Crippen LogP contribution is -3.00. The number of nitrogens with zero attached hydrogens (tertiary/aromatic N) is 1. The Bertz CT molecular complexity index is 1300. The highest BCUT2D eigenvalue weighted by molar-refractivity contribution is 6.11. The van der Waals surface area contributed by atoms with Gasteiger partial charge in [0.15, 0.2) is 12.3 Å². The fourth-order valence-electron chi connectivity index (χ4n) is 4.95. The van der Waals surface area contributed by atoms with Gasteiger partial charge in [-0.05, 0) is 75.5 Å². The fraction of sp³-hybridized carbons (Fsp3) is 0.486. The third-order valence-corrected chi connectivity index (χ3v) is 7.41. The van der Waals surface area contributed by atoms with Crippen LogP contribution in [0.25, 0.3) is 12.2 Å². The van der Waals surface area contributed by atoms with Gasteiger partial charge < -0.3 is 46.1 Å². The zero-order valence-electron chi connectivity index (χ0n) is 27.1. The molecule has 2 N–H and O–H groups in total. The number of carbonyl (C=O) groups is 2. The molecule has 0 fully saturated rings. The van der Waals surface area contributed by atoms with Gasteiger partial charge in [0.1, 0.15) is 34.2 Å². The normalized spacial score (nSPS) is 13.5. The summed E-state index contributed by atoms with van der Waals surface area (Å²) in [7, 11) is 5.66. The number of hydrogen-bond donors (Lipinski definition) is 2. The van der Waals surface area contributed by atoms with E-state index in [0.717, 1.165) is 62.9 Å². The first kappa shape index (κ1) is 36.9. The van der Waals surface area contributed by atoms with Crippen LogP contribution in [0.1, 0.15) is 80.8 Å². The molecule has 8 nitrogen and oxygen atoms in total. The minimum atomic E-state index is -0.518. The number of unbranched alkanes of at least 4 members (excludes halogenated alkanes) is 4. The molecule has 0 aliphatic carbocycles. The number of aromatic hydroxyl groups is 1. The van der Waals surface area contributed by atoms with Gasteiger partial charge in [0.2, 0.25) is 0 Å². The van der Waals surface area contributed by atoms with Gasteiger partial charge in [-0.25, -0.2) is 0 Å². The highest BCUT2D eigenvalue weighted by atomic mass is 79.9. The Balaban J connectivity index is 0.00000675. The van der Waals surface area contributed by atoms with E-state index in [1.165, 1.54) is 13.2 Å². The lowest BCUT2D eigenvalue weighted by Gasteiger charge is -2.29. The molecule has 1 aliphatic heterocycles. The number of quaternary nitrogens is 1. The van der Waals surface area contributed by atoms with Crippen LogP contribution in [-0.4, -0.2) is 74.3 Å². The monoisotopic (exact) mass is 672 g/mol.